The van der Waals surface area contributed by atoms with Crippen LogP contribution in [0, 0.1) is 10.5 Å². The number of rotatable bonds is 2. The fraction of sp³-hybridized carbons (Fsp3) is 0.0714. The highest BCUT2D eigenvalue weighted by atomic mass is 127. The van der Waals surface area contributed by atoms with Gasteiger partial charge in [0.25, 0.3) is 5.56 Å². The fourth-order valence-corrected chi connectivity index (χ4v) is 3.00. The van der Waals surface area contributed by atoms with E-state index >= 15 is 0 Å². The number of halogens is 1. The molecular weight excluding hydrogens is 385 g/mol. The maximum Gasteiger partial charge on any atom is 0.265 e. The Kier molecular flexibility index (Phi) is 3.66. The van der Waals surface area contributed by atoms with Gasteiger partial charge in [-0.25, -0.2) is 9.97 Å². The summed E-state index contributed by atoms with van der Waals surface area (Å²) in [5.74, 6) is 0.513. The van der Waals surface area contributed by atoms with Gasteiger partial charge in [0.05, 0.1) is 10.7 Å². The molecule has 3 rings (SSSR count). The van der Waals surface area contributed by atoms with Crippen LogP contribution in [0.1, 0.15) is 5.01 Å². The Morgan fingerprint density at radius 1 is 1.20 bits per heavy atom. The number of benzene rings is 1. The van der Waals surface area contributed by atoms with Crippen molar-refractivity contribution in [1.29, 1.82) is 0 Å². The predicted octanol–water partition coefficient (Wildman–Crippen LogP) is 3.47. The van der Waals surface area contributed by atoms with Crippen molar-refractivity contribution in [2.24, 2.45) is 0 Å². The molecular formula is C14H10IN3OS. The minimum atomic E-state index is -0.139. The van der Waals surface area contributed by atoms with Crippen LogP contribution < -0.4 is 5.56 Å². The van der Waals surface area contributed by atoms with Gasteiger partial charge in [-0.3, -0.25) is 4.79 Å². The summed E-state index contributed by atoms with van der Waals surface area (Å²) < 4.78 is 0.588. The summed E-state index contributed by atoms with van der Waals surface area (Å²) in [6.07, 6.45) is 0. The zero-order chi connectivity index (χ0) is 14.1. The molecule has 3 aromatic rings. The largest absolute Gasteiger partial charge is 0.304 e. The van der Waals surface area contributed by atoms with Crippen molar-refractivity contribution in [3.8, 4) is 22.8 Å². The van der Waals surface area contributed by atoms with Crippen molar-refractivity contribution in [1.82, 2.24) is 15.0 Å². The first-order valence-electron chi connectivity index (χ1n) is 5.93. The Bertz CT molecular complexity index is 811. The molecule has 0 aliphatic carbocycles. The second-order valence-electron chi connectivity index (χ2n) is 4.19. The second-order valence-corrected chi connectivity index (χ2v) is 6.34. The molecule has 2 aromatic heterocycles. The van der Waals surface area contributed by atoms with E-state index in [9.17, 15) is 4.79 Å². The number of aromatic amines is 1. The number of aromatic nitrogens is 3. The molecule has 0 spiro atoms. The molecule has 0 aliphatic heterocycles. The van der Waals surface area contributed by atoms with Crippen LogP contribution in [-0.4, -0.2) is 15.0 Å². The minimum Gasteiger partial charge on any atom is -0.304 e. The lowest BCUT2D eigenvalue weighted by atomic mass is 10.1. The van der Waals surface area contributed by atoms with Crippen molar-refractivity contribution in [3.05, 3.63) is 54.6 Å². The van der Waals surface area contributed by atoms with E-state index in [1.807, 2.05) is 65.2 Å². The first-order chi connectivity index (χ1) is 9.65. The van der Waals surface area contributed by atoms with Gasteiger partial charge in [-0.15, -0.1) is 11.3 Å². The van der Waals surface area contributed by atoms with Gasteiger partial charge in [0.1, 0.15) is 9.26 Å². The van der Waals surface area contributed by atoms with Gasteiger partial charge >= 0.3 is 0 Å². The monoisotopic (exact) mass is 395 g/mol. The van der Waals surface area contributed by atoms with E-state index in [1.54, 1.807) is 0 Å². The van der Waals surface area contributed by atoms with Crippen molar-refractivity contribution < 1.29 is 0 Å². The van der Waals surface area contributed by atoms with E-state index in [0.717, 1.165) is 10.6 Å². The molecule has 0 aliphatic rings. The van der Waals surface area contributed by atoms with Crippen LogP contribution in [0.4, 0.5) is 0 Å². The van der Waals surface area contributed by atoms with Crippen LogP contribution in [0.2, 0.25) is 0 Å². The maximum absolute atomic E-state index is 12.1. The van der Waals surface area contributed by atoms with Crippen molar-refractivity contribution >= 4 is 33.9 Å². The molecule has 0 saturated heterocycles. The summed E-state index contributed by atoms with van der Waals surface area (Å²) in [6.45, 7) is 1.93. The average Bonchev–Trinajstić information content (AvgIpc) is 2.89. The number of hydrogen-bond acceptors (Lipinski definition) is 4. The lowest BCUT2D eigenvalue weighted by Crippen LogP contribution is -2.14. The maximum atomic E-state index is 12.1. The molecule has 0 atom stereocenters. The normalized spacial score (nSPS) is 10.7. The lowest BCUT2D eigenvalue weighted by Gasteiger charge is -2.05. The zero-order valence-electron chi connectivity index (χ0n) is 10.6. The minimum absolute atomic E-state index is 0.139. The van der Waals surface area contributed by atoms with Crippen LogP contribution in [0.15, 0.2) is 40.5 Å². The smallest absolute Gasteiger partial charge is 0.265 e. The standard InChI is InChI=1S/C14H10IN3OS/c1-8-16-10(7-20-8)13-17-12(11(15)14(19)18-13)9-5-3-2-4-6-9/h2-7H,1H3,(H,17,18,19). The summed E-state index contributed by atoms with van der Waals surface area (Å²) in [5.41, 5.74) is 2.19. The number of hydrogen-bond donors (Lipinski definition) is 1. The number of aryl methyl sites for hydroxylation is 1. The molecule has 1 aromatic carbocycles. The van der Waals surface area contributed by atoms with Crippen LogP contribution in [0.3, 0.4) is 0 Å². The van der Waals surface area contributed by atoms with Gasteiger partial charge in [0.2, 0.25) is 0 Å². The molecule has 0 bridgehead atoms. The van der Waals surface area contributed by atoms with Crippen molar-refractivity contribution in [2.45, 2.75) is 6.92 Å². The van der Waals surface area contributed by atoms with Gasteiger partial charge < -0.3 is 4.98 Å². The summed E-state index contributed by atoms with van der Waals surface area (Å²) in [4.78, 5) is 23.8. The Balaban J connectivity index is 2.21. The summed E-state index contributed by atoms with van der Waals surface area (Å²) in [6, 6.07) is 9.69. The van der Waals surface area contributed by atoms with Crippen LogP contribution >= 0.6 is 33.9 Å². The molecule has 20 heavy (non-hydrogen) atoms. The molecule has 1 N–H and O–H groups in total. The third-order valence-corrected chi connectivity index (χ3v) is 4.55. The third kappa shape index (κ3) is 2.53. The quantitative estimate of drug-likeness (QED) is 0.676. The van der Waals surface area contributed by atoms with Crippen LogP contribution in [-0.2, 0) is 0 Å². The fourth-order valence-electron chi connectivity index (χ4n) is 1.84. The van der Waals surface area contributed by atoms with E-state index in [2.05, 4.69) is 15.0 Å². The number of nitrogens with one attached hydrogen (secondary N) is 1. The molecule has 6 heteroatoms. The average molecular weight is 395 g/mol. The summed E-state index contributed by atoms with van der Waals surface area (Å²) in [5, 5.41) is 2.84. The highest BCUT2D eigenvalue weighted by molar-refractivity contribution is 14.1. The van der Waals surface area contributed by atoms with E-state index in [4.69, 9.17) is 0 Å². The summed E-state index contributed by atoms with van der Waals surface area (Å²) >= 11 is 3.56. The Morgan fingerprint density at radius 3 is 2.60 bits per heavy atom. The van der Waals surface area contributed by atoms with E-state index in [-0.39, 0.29) is 5.56 Å². The highest BCUT2D eigenvalue weighted by Crippen LogP contribution is 2.24. The number of H-pyrrole nitrogens is 1. The van der Waals surface area contributed by atoms with E-state index in [0.29, 0.717) is 20.8 Å². The predicted molar refractivity (Wildman–Crippen MR) is 88.9 cm³/mol. The first kappa shape index (κ1) is 13.4. The number of nitrogens with zero attached hydrogens (tertiary/aromatic N) is 2. The third-order valence-electron chi connectivity index (χ3n) is 2.77. The Morgan fingerprint density at radius 2 is 1.95 bits per heavy atom. The zero-order valence-corrected chi connectivity index (χ0v) is 13.5. The molecule has 0 radical (unpaired) electrons. The SMILES string of the molecule is Cc1nc(-c2nc(-c3ccccc3)c(I)c(=O)[nH]2)cs1. The highest BCUT2D eigenvalue weighted by Gasteiger charge is 2.13. The van der Waals surface area contributed by atoms with E-state index < -0.39 is 0 Å². The van der Waals surface area contributed by atoms with Gasteiger partial charge in [0.15, 0.2) is 5.82 Å². The van der Waals surface area contributed by atoms with Crippen molar-refractivity contribution in [2.75, 3.05) is 0 Å². The van der Waals surface area contributed by atoms with Gasteiger partial charge in [-0.2, -0.15) is 0 Å². The molecule has 0 unspecified atom stereocenters. The molecule has 4 nitrogen and oxygen atoms in total. The van der Waals surface area contributed by atoms with Gasteiger partial charge in [-0.1, -0.05) is 30.3 Å². The molecule has 0 saturated carbocycles. The van der Waals surface area contributed by atoms with Gasteiger partial charge in [0, 0.05) is 10.9 Å². The summed E-state index contributed by atoms with van der Waals surface area (Å²) in [7, 11) is 0. The van der Waals surface area contributed by atoms with E-state index in [1.165, 1.54) is 11.3 Å². The molecule has 0 amide bonds. The van der Waals surface area contributed by atoms with Crippen molar-refractivity contribution in [3.63, 3.8) is 0 Å². The lowest BCUT2D eigenvalue weighted by molar-refractivity contribution is 1.09. The Labute approximate surface area is 133 Å². The molecule has 2 heterocycles. The molecule has 100 valence electrons. The van der Waals surface area contributed by atoms with Gasteiger partial charge in [-0.05, 0) is 29.5 Å². The van der Waals surface area contributed by atoms with Crippen LogP contribution in [0.5, 0.6) is 0 Å². The number of thiazole rings is 1. The molecule has 0 fully saturated rings. The topological polar surface area (TPSA) is 58.6 Å². The van der Waals surface area contributed by atoms with Crippen LogP contribution in [0.25, 0.3) is 22.8 Å². The first-order valence-corrected chi connectivity index (χ1v) is 7.89. The second kappa shape index (κ2) is 5.45. The Hall–Kier alpha value is -1.54.